The van der Waals surface area contributed by atoms with Crippen molar-refractivity contribution >= 4 is 17.7 Å². The number of carbonyl (C=O) groups is 1. The van der Waals surface area contributed by atoms with Crippen molar-refractivity contribution in [3.8, 4) is 22.5 Å². The smallest absolute Gasteiger partial charge is 0.222 e. The number of imidazole rings is 1. The van der Waals surface area contributed by atoms with Gasteiger partial charge in [-0.2, -0.15) is 0 Å². The molecule has 5 heteroatoms. The quantitative estimate of drug-likeness (QED) is 0.261. The highest BCUT2D eigenvalue weighted by molar-refractivity contribution is 7.99. The van der Waals surface area contributed by atoms with E-state index in [-0.39, 0.29) is 0 Å². The second-order valence-electron chi connectivity index (χ2n) is 8.94. The van der Waals surface area contributed by atoms with E-state index < -0.39 is 0 Å². The first-order valence-electron chi connectivity index (χ1n) is 12.3. The first-order chi connectivity index (χ1) is 16.2. The number of hydrogen-bond donors (Lipinski definition) is 0. The fourth-order valence-electron chi connectivity index (χ4n) is 4.48. The number of rotatable bonds is 9. The number of aromatic nitrogens is 2. The Morgan fingerprint density at radius 3 is 2.24 bits per heavy atom. The Morgan fingerprint density at radius 1 is 0.970 bits per heavy atom. The topological polar surface area (TPSA) is 38.1 Å². The zero-order chi connectivity index (χ0) is 23.0. The minimum atomic E-state index is 0.333. The number of hydrogen-bond acceptors (Lipinski definition) is 3. The Balaban J connectivity index is 1.41. The standard InChI is InChI=1S/C28H35N3OS/c1-3-31-27(24-14-8-5-9-15-24)26(23-12-6-4-7-13-23)29-28(31)33-21-11-10-16-25(32)30-19-17-22(2)18-20-30/h4-9,12-15,22H,3,10-11,16-21H2,1-2H3. The molecule has 174 valence electrons. The molecule has 1 aliphatic heterocycles. The minimum absolute atomic E-state index is 0.333. The van der Waals surface area contributed by atoms with Crippen LogP contribution >= 0.6 is 11.8 Å². The molecule has 3 aromatic rings. The molecule has 0 aliphatic carbocycles. The lowest BCUT2D eigenvalue weighted by atomic mass is 9.99. The second-order valence-corrected chi connectivity index (χ2v) is 10.00. The summed E-state index contributed by atoms with van der Waals surface area (Å²) >= 11 is 1.81. The number of likely N-dealkylation sites (tertiary alicyclic amines) is 1. The summed E-state index contributed by atoms with van der Waals surface area (Å²) in [4.78, 5) is 19.7. The van der Waals surface area contributed by atoms with E-state index in [1.165, 1.54) is 11.3 Å². The normalized spacial score (nSPS) is 14.5. The van der Waals surface area contributed by atoms with Gasteiger partial charge in [0.25, 0.3) is 0 Å². The molecular weight excluding hydrogens is 426 g/mol. The molecule has 1 aliphatic rings. The Kier molecular flexibility index (Phi) is 8.27. The molecule has 0 radical (unpaired) electrons. The fraction of sp³-hybridized carbons (Fsp3) is 0.429. The molecule has 1 fully saturated rings. The van der Waals surface area contributed by atoms with Gasteiger partial charge in [0.2, 0.25) is 5.91 Å². The van der Waals surface area contributed by atoms with Crippen LogP contribution in [0.2, 0.25) is 0 Å². The number of amides is 1. The molecule has 0 N–H and O–H groups in total. The Bertz CT molecular complexity index is 1020. The van der Waals surface area contributed by atoms with E-state index in [1.807, 2.05) is 17.8 Å². The van der Waals surface area contributed by atoms with E-state index in [2.05, 4.69) is 77.9 Å². The highest BCUT2D eigenvalue weighted by atomic mass is 32.2. The maximum absolute atomic E-state index is 12.5. The molecule has 0 atom stereocenters. The maximum atomic E-state index is 12.5. The van der Waals surface area contributed by atoms with Gasteiger partial charge < -0.3 is 9.47 Å². The average Bonchev–Trinajstić information content (AvgIpc) is 3.23. The minimum Gasteiger partial charge on any atom is -0.343 e. The fourth-order valence-corrected chi connectivity index (χ4v) is 5.54. The molecule has 1 amide bonds. The lowest BCUT2D eigenvalue weighted by Gasteiger charge is -2.30. The van der Waals surface area contributed by atoms with Crippen LogP contribution in [0.25, 0.3) is 22.5 Å². The second kappa shape index (κ2) is 11.6. The van der Waals surface area contributed by atoms with E-state index >= 15 is 0 Å². The van der Waals surface area contributed by atoms with Crippen molar-refractivity contribution in [3.05, 3.63) is 60.7 Å². The summed E-state index contributed by atoms with van der Waals surface area (Å²) in [6.45, 7) is 7.22. The van der Waals surface area contributed by atoms with Crippen LogP contribution in [-0.4, -0.2) is 39.2 Å². The van der Waals surface area contributed by atoms with Gasteiger partial charge in [0.1, 0.15) is 0 Å². The largest absolute Gasteiger partial charge is 0.343 e. The third kappa shape index (κ3) is 5.89. The molecule has 1 saturated heterocycles. The van der Waals surface area contributed by atoms with Crippen LogP contribution in [0.5, 0.6) is 0 Å². The molecule has 0 saturated carbocycles. The van der Waals surface area contributed by atoms with Crippen molar-refractivity contribution in [2.24, 2.45) is 5.92 Å². The molecule has 2 aromatic carbocycles. The number of piperidine rings is 1. The summed E-state index contributed by atoms with van der Waals surface area (Å²) in [5.74, 6) is 2.07. The van der Waals surface area contributed by atoms with Crippen LogP contribution in [0, 0.1) is 5.92 Å². The van der Waals surface area contributed by atoms with Crippen LogP contribution in [0.3, 0.4) is 0 Å². The van der Waals surface area contributed by atoms with Crippen LogP contribution in [-0.2, 0) is 11.3 Å². The number of nitrogens with zero attached hydrogens (tertiary/aromatic N) is 3. The monoisotopic (exact) mass is 461 g/mol. The van der Waals surface area contributed by atoms with E-state index in [4.69, 9.17) is 4.98 Å². The highest BCUT2D eigenvalue weighted by Gasteiger charge is 2.21. The third-order valence-corrected chi connectivity index (χ3v) is 7.56. The molecular formula is C28H35N3OS. The summed E-state index contributed by atoms with van der Waals surface area (Å²) in [5.41, 5.74) is 4.56. The van der Waals surface area contributed by atoms with Gasteiger partial charge in [0, 0.05) is 42.9 Å². The first-order valence-corrected chi connectivity index (χ1v) is 13.3. The Hall–Kier alpha value is -2.53. The molecule has 4 rings (SSSR count). The van der Waals surface area contributed by atoms with E-state index in [0.29, 0.717) is 12.3 Å². The molecule has 0 bridgehead atoms. The molecule has 1 aromatic heterocycles. The molecule has 2 heterocycles. The number of carbonyl (C=O) groups excluding carboxylic acids is 1. The van der Waals surface area contributed by atoms with Gasteiger partial charge in [0.05, 0.1) is 11.4 Å². The first kappa shape index (κ1) is 23.6. The van der Waals surface area contributed by atoms with Gasteiger partial charge in [-0.1, -0.05) is 79.3 Å². The number of thioether (sulfide) groups is 1. The molecule has 0 unspecified atom stereocenters. The van der Waals surface area contributed by atoms with Crippen molar-refractivity contribution in [3.63, 3.8) is 0 Å². The molecule has 33 heavy (non-hydrogen) atoms. The van der Waals surface area contributed by atoms with E-state index in [9.17, 15) is 4.79 Å². The van der Waals surface area contributed by atoms with Crippen LogP contribution in [0.15, 0.2) is 65.8 Å². The van der Waals surface area contributed by atoms with Gasteiger partial charge in [0.15, 0.2) is 5.16 Å². The van der Waals surface area contributed by atoms with Crippen LogP contribution in [0.1, 0.15) is 46.0 Å². The summed E-state index contributed by atoms with van der Waals surface area (Å²) in [6, 6.07) is 21.0. The van der Waals surface area contributed by atoms with E-state index in [0.717, 1.165) is 73.4 Å². The van der Waals surface area contributed by atoms with Crippen molar-refractivity contribution < 1.29 is 4.79 Å². The summed E-state index contributed by atoms with van der Waals surface area (Å²) in [6.07, 6.45) is 4.94. The third-order valence-electron chi connectivity index (χ3n) is 6.50. The van der Waals surface area contributed by atoms with E-state index in [1.54, 1.807) is 0 Å². The van der Waals surface area contributed by atoms with Gasteiger partial charge in [-0.15, -0.1) is 0 Å². The van der Waals surface area contributed by atoms with Crippen molar-refractivity contribution in [1.29, 1.82) is 0 Å². The predicted molar refractivity (Wildman–Crippen MR) is 138 cm³/mol. The Morgan fingerprint density at radius 2 is 1.61 bits per heavy atom. The zero-order valence-corrected chi connectivity index (χ0v) is 20.7. The van der Waals surface area contributed by atoms with Crippen LogP contribution in [0.4, 0.5) is 0 Å². The van der Waals surface area contributed by atoms with Gasteiger partial charge in [-0.05, 0) is 38.5 Å². The van der Waals surface area contributed by atoms with Crippen molar-refractivity contribution in [2.75, 3.05) is 18.8 Å². The molecule has 4 nitrogen and oxygen atoms in total. The number of benzene rings is 2. The maximum Gasteiger partial charge on any atom is 0.222 e. The van der Waals surface area contributed by atoms with Crippen LogP contribution < -0.4 is 0 Å². The highest BCUT2D eigenvalue weighted by Crippen LogP contribution is 2.36. The SMILES string of the molecule is CCn1c(SCCCCC(=O)N2CCC(C)CC2)nc(-c2ccccc2)c1-c1ccccc1. The van der Waals surface area contributed by atoms with Gasteiger partial charge >= 0.3 is 0 Å². The van der Waals surface area contributed by atoms with Gasteiger partial charge in [-0.25, -0.2) is 4.98 Å². The summed E-state index contributed by atoms with van der Waals surface area (Å²) in [7, 11) is 0. The van der Waals surface area contributed by atoms with Crippen molar-refractivity contribution in [1.82, 2.24) is 14.5 Å². The lowest BCUT2D eigenvalue weighted by molar-refractivity contribution is -0.132. The zero-order valence-electron chi connectivity index (χ0n) is 19.9. The van der Waals surface area contributed by atoms with Gasteiger partial charge in [-0.3, -0.25) is 4.79 Å². The summed E-state index contributed by atoms with van der Waals surface area (Å²) in [5, 5.41) is 1.06. The van der Waals surface area contributed by atoms with Crippen molar-refractivity contribution in [2.45, 2.75) is 57.7 Å². The lowest BCUT2D eigenvalue weighted by Crippen LogP contribution is -2.37. The Labute approximate surface area is 202 Å². The summed E-state index contributed by atoms with van der Waals surface area (Å²) < 4.78 is 2.34. The number of unbranched alkanes of at least 4 members (excludes halogenated alkanes) is 1. The molecule has 0 spiro atoms. The average molecular weight is 462 g/mol. The predicted octanol–water partition coefficient (Wildman–Crippen LogP) is 6.76.